The molecule has 0 saturated heterocycles. The smallest absolute Gasteiger partial charge is 0.356 e. The molecule has 3 aromatic heterocycles. The Hall–Kier alpha value is -2.76. The first-order valence-electron chi connectivity index (χ1n) is 5.61. The van der Waals surface area contributed by atoms with Crippen LogP contribution in [0.25, 0.3) is 5.52 Å². The van der Waals surface area contributed by atoms with Gasteiger partial charge in [0, 0.05) is 6.20 Å². The van der Waals surface area contributed by atoms with E-state index in [4.69, 9.17) is 9.52 Å². The van der Waals surface area contributed by atoms with Crippen LogP contribution in [0.2, 0.25) is 0 Å². The highest BCUT2D eigenvalue weighted by Gasteiger charge is 2.19. The first kappa shape index (κ1) is 11.3. The van der Waals surface area contributed by atoms with E-state index in [1.165, 1.54) is 6.07 Å². The van der Waals surface area contributed by atoms with E-state index in [0.29, 0.717) is 18.0 Å². The van der Waals surface area contributed by atoms with Gasteiger partial charge in [0.15, 0.2) is 5.69 Å². The Balaban J connectivity index is 2.20. The summed E-state index contributed by atoms with van der Waals surface area (Å²) in [7, 11) is 0. The number of hydrogen-bond acceptors (Lipinski definition) is 4. The number of furan rings is 1. The SMILES string of the molecule is O=C(O)c1nc(Cc2ccco2)n2cccc(O)c12. The summed E-state index contributed by atoms with van der Waals surface area (Å²) < 4.78 is 6.78. The maximum Gasteiger partial charge on any atom is 0.356 e. The molecule has 96 valence electrons. The van der Waals surface area contributed by atoms with Crippen LogP contribution in [0.4, 0.5) is 0 Å². The third kappa shape index (κ3) is 1.83. The predicted molar refractivity (Wildman–Crippen MR) is 65.3 cm³/mol. The molecule has 0 aliphatic heterocycles. The van der Waals surface area contributed by atoms with Gasteiger partial charge in [-0.3, -0.25) is 4.40 Å². The number of aromatic hydroxyl groups is 1. The van der Waals surface area contributed by atoms with Gasteiger partial charge in [-0.15, -0.1) is 0 Å². The van der Waals surface area contributed by atoms with Crippen LogP contribution in [0.15, 0.2) is 41.1 Å². The topological polar surface area (TPSA) is 88.0 Å². The van der Waals surface area contributed by atoms with Gasteiger partial charge in [-0.2, -0.15) is 0 Å². The Bertz CT molecular complexity index is 743. The lowest BCUT2D eigenvalue weighted by Gasteiger charge is -2.00. The first-order chi connectivity index (χ1) is 9.16. The number of aromatic nitrogens is 2. The predicted octanol–water partition coefficient (Wildman–Crippen LogP) is 1.92. The van der Waals surface area contributed by atoms with E-state index in [1.54, 1.807) is 35.1 Å². The van der Waals surface area contributed by atoms with Gasteiger partial charge in [-0.25, -0.2) is 9.78 Å². The summed E-state index contributed by atoms with van der Waals surface area (Å²) in [6.45, 7) is 0. The molecule has 0 atom stereocenters. The van der Waals surface area contributed by atoms with Crippen molar-refractivity contribution in [3.63, 3.8) is 0 Å². The fraction of sp³-hybridized carbons (Fsp3) is 0.0769. The molecule has 0 amide bonds. The molecule has 19 heavy (non-hydrogen) atoms. The molecule has 0 saturated carbocycles. The van der Waals surface area contributed by atoms with Crippen molar-refractivity contribution in [2.75, 3.05) is 0 Å². The average molecular weight is 258 g/mol. The van der Waals surface area contributed by atoms with Crippen LogP contribution in [0.3, 0.4) is 0 Å². The zero-order valence-corrected chi connectivity index (χ0v) is 9.78. The summed E-state index contributed by atoms with van der Waals surface area (Å²) >= 11 is 0. The lowest BCUT2D eigenvalue weighted by molar-refractivity contribution is 0.0693. The molecule has 0 aromatic carbocycles. The number of aromatic carboxylic acids is 1. The number of carboxylic acid groups (broad SMARTS) is 1. The van der Waals surface area contributed by atoms with Crippen molar-refractivity contribution in [3.05, 3.63) is 54.0 Å². The lowest BCUT2D eigenvalue weighted by Crippen LogP contribution is -1.97. The molecule has 6 nitrogen and oxygen atoms in total. The Kier molecular flexibility index (Phi) is 2.49. The maximum atomic E-state index is 11.2. The molecular formula is C13H10N2O4. The number of fused-ring (bicyclic) bond motifs is 1. The minimum Gasteiger partial charge on any atom is -0.506 e. The average Bonchev–Trinajstić information content (AvgIpc) is 2.99. The highest BCUT2D eigenvalue weighted by molar-refractivity contribution is 5.95. The molecule has 0 aliphatic carbocycles. The van der Waals surface area contributed by atoms with Gasteiger partial charge in [0.25, 0.3) is 0 Å². The molecule has 0 fully saturated rings. The zero-order valence-electron chi connectivity index (χ0n) is 9.78. The van der Waals surface area contributed by atoms with Crippen molar-refractivity contribution >= 4 is 11.5 Å². The molecule has 0 radical (unpaired) electrons. The van der Waals surface area contributed by atoms with Crippen LogP contribution in [-0.2, 0) is 6.42 Å². The van der Waals surface area contributed by atoms with Crippen molar-refractivity contribution in [2.24, 2.45) is 0 Å². The van der Waals surface area contributed by atoms with E-state index in [1.807, 2.05) is 0 Å². The molecule has 0 aliphatic rings. The molecule has 0 bridgehead atoms. The summed E-state index contributed by atoms with van der Waals surface area (Å²) in [4.78, 5) is 15.2. The van der Waals surface area contributed by atoms with Crippen LogP contribution < -0.4 is 0 Å². The van der Waals surface area contributed by atoms with E-state index in [-0.39, 0.29) is 17.0 Å². The minimum absolute atomic E-state index is 0.113. The largest absolute Gasteiger partial charge is 0.506 e. The Morgan fingerprint density at radius 3 is 2.89 bits per heavy atom. The van der Waals surface area contributed by atoms with Gasteiger partial charge < -0.3 is 14.6 Å². The third-order valence-electron chi connectivity index (χ3n) is 2.83. The molecule has 2 N–H and O–H groups in total. The van der Waals surface area contributed by atoms with Crippen LogP contribution >= 0.6 is 0 Å². The van der Waals surface area contributed by atoms with Crippen molar-refractivity contribution in [2.45, 2.75) is 6.42 Å². The normalized spacial score (nSPS) is 10.9. The molecule has 3 aromatic rings. The summed E-state index contributed by atoms with van der Waals surface area (Å²) in [5.74, 6) is -0.117. The van der Waals surface area contributed by atoms with Crippen LogP contribution in [0.5, 0.6) is 5.75 Å². The molecular weight excluding hydrogens is 248 g/mol. The van der Waals surface area contributed by atoms with Crippen LogP contribution in [0, 0.1) is 0 Å². The quantitative estimate of drug-likeness (QED) is 0.749. The second-order valence-electron chi connectivity index (χ2n) is 4.05. The van der Waals surface area contributed by atoms with Gasteiger partial charge >= 0.3 is 5.97 Å². The van der Waals surface area contributed by atoms with E-state index >= 15 is 0 Å². The molecule has 3 heterocycles. The number of carboxylic acids is 1. The molecule has 0 unspecified atom stereocenters. The van der Waals surface area contributed by atoms with Crippen molar-refractivity contribution in [1.82, 2.24) is 9.38 Å². The van der Waals surface area contributed by atoms with E-state index in [2.05, 4.69) is 4.98 Å². The summed E-state index contributed by atoms with van der Waals surface area (Å²) in [6, 6.07) is 6.59. The standard InChI is InChI=1S/C13H10N2O4/c16-9-4-1-5-15-10(7-8-3-2-6-19-8)14-11(12(9)15)13(17)18/h1-6,16H,7H2,(H,17,18). The van der Waals surface area contributed by atoms with Gasteiger partial charge in [0.1, 0.15) is 22.9 Å². The van der Waals surface area contributed by atoms with Crippen molar-refractivity contribution < 1.29 is 19.4 Å². The van der Waals surface area contributed by atoms with E-state index < -0.39 is 5.97 Å². The van der Waals surface area contributed by atoms with Crippen LogP contribution in [0.1, 0.15) is 22.1 Å². The number of pyridine rings is 1. The fourth-order valence-corrected chi connectivity index (χ4v) is 2.03. The monoisotopic (exact) mass is 258 g/mol. The van der Waals surface area contributed by atoms with Crippen LogP contribution in [-0.4, -0.2) is 25.6 Å². The number of rotatable bonds is 3. The number of imidazole rings is 1. The Morgan fingerprint density at radius 2 is 2.21 bits per heavy atom. The van der Waals surface area contributed by atoms with E-state index in [0.717, 1.165) is 0 Å². The van der Waals surface area contributed by atoms with Crippen molar-refractivity contribution in [3.8, 4) is 5.75 Å². The highest BCUT2D eigenvalue weighted by Crippen LogP contribution is 2.24. The number of nitrogens with zero attached hydrogens (tertiary/aromatic N) is 2. The minimum atomic E-state index is -1.18. The fourth-order valence-electron chi connectivity index (χ4n) is 2.03. The molecule has 3 rings (SSSR count). The van der Waals surface area contributed by atoms with Gasteiger partial charge in [0.05, 0.1) is 12.7 Å². The zero-order chi connectivity index (χ0) is 13.4. The van der Waals surface area contributed by atoms with E-state index in [9.17, 15) is 9.90 Å². The summed E-state index contributed by atoms with van der Waals surface area (Å²) in [5, 5.41) is 18.9. The summed E-state index contributed by atoms with van der Waals surface area (Å²) in [5.41, 5.74) is 0.0243. The van der Waals surface area contributed by atoms with Gasteiger partial charge in [-0.1, -0.05) is 0 Å². The second-order valence-corrected chi connectivity index (χ2v) is 4.05. The highest BCUT2D eigenvalue weighted by atomic mass is 16.4. The number of hydrogen-bond donors (Lipinski definition) is 2. The molecule has 0 spiro atoms. The van der Waals surface area contributed by atoms with Gasteiger partial charge in [0.2, 0.25) is 0 Å². The number of carbonyl (C=O) groups is 1. The Labute approximate surface area is 107 Å². The third-order valence-corrected chi connectivity index (χ3v) is 2.83. The van der Waals surface area contributed by atoms with Crippen molar-refractivity contribution in [1.29, 1.82) is 0 Å². The first-order valence-corrected chi connectivity index (χ1v) is 5.61. The second kappa shape index (κ2) is 4.16. The molecule has 6 heteroatoms. The van der Waals surface area contributed by atoms with Gasteiger partial charge in [-0.05, 0) is 24.3 Å². The lowest BCUT2D eigenvalue weighted by atomic mass is 10.3. The Morgan fingerprint density at radius 1 is 1.37 bits per heavy atom. The summed E-state index contributed by atoms with van der Waals surface area (Å²) in [6.07, 6.45) is 3.55. The maximum absolute atomic E-state index is 11.2.